The second-order valence-corrected chi connectivity index (χ2v) is 7.86. The van der Waals surface area contributed by atoms with Crippen molar-refractivity contribution in [3.63, 3.8) is 0 Å². The highest BCUT2D eigenvalue weighted by Gasteiger charge is 2.22. The lowest BCUT2D eigenvalue weighted by Crippen LogP contribution is -2.41. The van der Waals surface area contributed by atoms with Crippen LogP contribution in [-0.2, 0) is 11.3 Å². The molecule has 0 radical (unpaired) electrons. The Morgan fingerprint density at radius 2 is 2.12 bits per heavy atom. The molecule has 2 aromatic heterocycles. The normalized spacial score (nSPS) is 20.7. The Balaban J connectivity index is 1.49. The highest BCUT2D eigenvalue weighted by Crippen LogP contribution is 2.23. The van der Waals surface area contributed by atoms with E-state index in [9.17, 15) is 14.4 Å². The summed E-state index contributed by atoms with van der Waals surface area (Å²) in [6.07, 6.45) is 6.43. The first-order valence-corrected chi connectivity index (χ1v) is 9.94. The fourth-order valence-corrected chi connectivity index (χ4v) is 4.34. The van der Waals surface area contributed by atoms with Crippen LogP contribution in [0.25, 0.3) is 10.2 Å². The fraction of sp³-hybridized carbons (Fsp3) is 0.611. The quantitative estimate of drug-likeness (QED) is 0.774. The molecule has 0 spiro atoms. The molecule has 2 aromatic rings. The fourth-order valence-electron chi connectivity index (χ4n) is 3.54. The van der Waals surface area contributed by atoms with Gasteiger partial charge in [-0.05, 0) is 43.0 Å². The Labute approximate surface area is 150 Å². The molecule has 2 N–H and O–H groups in total. The number of hydrogen-bond donors (Lipinski definition) is 2. The molecule has 0 unspecified atom stereocenters. The first-order chi connectivity index (χ1) is 12.1. The van der Waals surface area contributed by atoms with E-state index in [1.807, 2.05) is 0 Å². The summed E-state index contributed by atoms with van der Waals surface area (Å²) in [7, 11) is 0. The number of fused-ring (bicyclic) bond motifs is 1. The molecule has 0 aliphatic heterocycles. The van der Waals surface area contributed by atoms with E-state index >= 15 is 0 Å². The smallest absolute Gasteiger partial charge is 0.328 e. The number of nitrogens with zero attached hydrogens (tertiary/aromatic N) is 1. The number of carbonyl (C=O) groups excluding carboxylic acids is 1. The summed E-state index contributed by atoms with van der Waals surface area (Å²) >= 11 is 1.33. The van der Waals surface area contributed by atoms with Gasteiger partial charge in [0.15, 0.2) is 0 Å². The Morgan fingerprint density at radius 3 is 2.92 bits per heavy atom. The number of aromatic amines is 1. The summed E-state index contributed by atoms with van der Waals surface area (Å²) in [5.41, 5.74) is -0.0251. The Kier molecular flexibility index (Phi) is 5.73. The van der Waals surface area contributed by atoms with E-state index < -0.39 is 0 Å². The molecule has 7 heteroatoms. The van der Waals surface area contributed by atoms with Crippen molar-refractivity contribution in [1.29, 1.82) is 0 Å². The molecule has 1 aliphatic rings. The van der Waals surface area contributed by atoms with Gasteiger partial charge in [0.1, 0.15) is 4.70 Å². The van der Waals surface area contributed by atoms with Crippen LogP contribution >= 0.6 is 11.3 Å². The SMILES string of the molecule is C[C@@H]1CCCC[C@@H]1NC(=O)CCCCn1c(=O)[nH]c2ccsc2c1=O. The summed E-state index contributed by atoms with van der Waals surface area (Å²) in [5, 5.41) is 4.93. The summed E-state index contributed by atoms with van der Waals surface area (Å²) in [6, 6.07) is 2.04. The number of rotatable bonds is 6. The van der Waals surface area contributed by atoms with Crippen LogP contribution in [0.2, 0.25) is 0 Å². The third-order valence-corrected chi connectivity index (χ3v) is 5.99. The van der Waals surface area contributed by atoms with Crippen LogP contribution in [-0.4, -0.2) is 21.5 Å². The first kappa shape index (κ1) is 17.9. The van der Waals surface area contributed by atoms with Gasteiger partial charge in [-0.25, -0.2) is 4.79 Å². The molecular weight excluding hydrogens is 338 g/mol. The van der Waals surface area contributed by atoms with Gasteiger partial charge in [0, 0.05) is 19.0 Å². The maximum absolute atomic E-state index is 12.3. The molecule has 0 bridgehead atoms. The topological polar surface area (TPSA) is 84.0 Å². The molecule has 3 rings (SSSR count). The minimum Gasteiger partial charge on any atom is -0.353 e. The van der Waals surface area contributed by atoms with Gasteiger partial charge in [-0.2, -0.15) is 0 Å². The monoisotopic (exact) mass is 363 g/mol. The molecule has 136 valence electrons. The van der Waals surface area contributed by atoms with Gasteiger partial charge in [0.25, 0.3) is 5.56 Å². The lowest BCUT2D eigenvalue weighted by atomic mass is 9.86. The van der Waals surface area contributed by atoms with E-state index in [0.29, 0.717) is 48.0 Å². The molecular formula is C18H25N3O3S. The van der Waals surface area contributed by atoms with Crippen LogP contribution < -0.4 is 16.6 Å². The van der Waals surface area contributed by atoms with Crippen LogP contribution in [0.5, 0.6) is 0 Å². The van der Waals surface area contributed by atoms with Gasteiger partial charge in [-0.1, -0.05) is 19.8 Å². The number of carbonyl (C=O) groups is 1. The van der Waals surface area contributed by atoms with E-state index in [1.54, 1.807) is 11.4 Å². The van der Waals surface area contributed by atoms with Crippen LogP contribution in [0.1, 0.15) is 51.9 Å². The molecule has 25 heavy (non-hydrogen) atoms. The highest BCUT2D eigenvalue weighted by molar-refractivity contribution is 7.17. The Morgan fingerprint density at radius 1 is 1.32 bits per heavy atom. The largest absolute Gasteiger partial charge is 0.353 e. The van der Waals surface area contributed by atoms with Crippen molar-refractivity contribution in [3.05, 3.63) is 32.3 Å². The molecule has 6 nitrogen and oxygen atoms in total. The van der Waals surface area contributed by atoms with Crippen LogP contribution in [0, 0.1) is 5.92 Å². The number of unbranched alkanes of at least 4 members (excludes halogenated alkanes) is 1. The second-order valence-electron chi connectivity index (χ2n) is 6.94. The van der Waals surface area contributed by atoms with Gasteiger partial charge < -0.3 is 10.3 Å². The van der Waals surface area contributed by atoms with Crippen LogP contribution in [0.3, 0.4) is 0 Å². The molecule has 2 heterocycles. The standard InChI is InChI=1S/C18H25N3O3S/c1-12-6-2-3-7-13(12)19-15(22)8-4-5-10-21-17(23)16-14(9-11-25-16)20-18(21)24/h9,11-13H,2-8,10H2,1H3,(H,19,22)(H,20,24)/t12-,13+/m1/s1. The van der Waals surface area contributed by atoms with Crippen molar-refractivity contribution in [3.8, 4) is 0 Å². The number of nitrogens with one attached hydrogen (secondary N) is 2. The van der Waals surface area contributed by atoms with E-state index in [-0.39, 0.29) is 17.2 Å². The zero-order chi connectivity index (χ0) is 17.8. The number of H-pyrrole nitrogens is 1. The van der Waals surface area contributed by atoms with E-state index in [4.69, 9.17) is 0 Å². The Hall–Kier alpha value is -1.89. The maximum Gasteiger partial charge on any atom is 0.328 e. The van der Waals surface area contributed by atoms with E-state index in [0.717, 1.165) is 6.42 Å². The molecule has 0 aromatic carbocycles. The van der Waals surface area contributed by atoms with E-state index in [1.165, 1.54) is 35.2 Å². The van der Waals surface area contributed by atoms with Gasteiger partial charge in [0.05, 0.1) is 5.52 Å². The average molecular weight is 363 g/mol. The summed E-state index contributed by atoms with van der Waals surface area (Å²) < 4.78 is 1.81. The molecule has 0 saturated heterocycles. The summed E-state index contributed by atoms with van der Waals surface area (Å²) in [5.74, 6) is 0.626. The van der Waals surface area contributed by atoms with Gasteiger partial charge in [-0.15, -0.1) is 11.3 Å². The van der Waals surface area contributed by atoms with Crippen LogP contribution in [0.15, 0.2) is 21.0 Å². The average Bonchev–Trinajstić information content (AvgIpc) is 3.04. The summed E-state index contributed by atoms with van der Waals surface area (Å²) in [6.45, 7) is 2.54. The predicted molar refractivity (Wildman–Crippen MR) is 100 cm³/mol. The minimum atomic E-state index is -0.378. The third-order valence-electron chi connectivity index (χ3n) is 5.08. The first-order valence-electron chi connectivity index (χ1n) is 9.06. The van der Waals surface area contributed by atoms with E-state index in [2.05, 4.69) is 17.2 Å². The Bertz CT molecular complexity index is 851. The second kappa shape index (κ2) is 7.99. The highest BCUT2D eigenvalue weighted by atomic mass is 32.1. The molecule has 1 amide bonds. The van der Waals surface area contributed by atoms with Gasteiger partial charge >= 0.3 is 5.69 Å². The maximum atomic E-state index is 12.3. The molecule has 2 atom stereocenters. The number of aromatic nitrogens is 2. The number of thiophene rings is 1. The number of amides is 1. The lowest BCUT2D eigenvalue weighted by Gasteiger charge is -2.29. The van der Waals surface area contributed by atoms with Crippen molar-refractivity contribution in [2.24, 2.45) is 5.92 Å². The molecule has 1 aliphatic carbocycles. The lowest BCUT2D eigenvalue weighted by molar-refractivity contribution is -0.122. The third kappa shape index (κ3) is 4.21. The van der Waals surface area contributed by atoms with Crippen molar-refractivity contribution in [1.82, 2.24) is 14.9 Å². The van der Waals surface area contributed by atoms with Crippen molar-refractivity contribution in [2.75, 3.05) is 0 Å². The van der Waals surface area contributed by atoms with Crippen molar-refractivity contribution in [2.45, 2.75) is 64.5 Å². The zero-order valence-electron chi connectivity index (χ0n) is 14.5. The predicted octanol–water partition coefficient (Wildman–Crippen LogP) is 2.62. The molecule has 1 fully saturated rings. The minimum absolute atomic E-state index is 0.0775. The molecule has 1 saturated carbocycles. The van der Waals surface area contributed by atoms with Crippen LogP contribution in [0.4, 0.5) is 0 Å². The van der Waals surface area contributed by atoms with Gasteiger partial charge in [-0.3, -0.25) is 14.2 Å². The van der Waals surface area contributed by atoms with Crippen molar-refractivity contribution < 1.29 is 4.79 Å². The van der Waals surface area contributed by atoms with Gasteiger partial charge in [0.2, 0.25) is 5.91 Å². The summed E-state index contributed by atoms with van der Waals surface area (Å²) in [4.78, 5) is 39.1. The van der Waals surface area contributed by atoms with Crippen molar-refractivity contribution >= 4 is 27.5 Å². The number of hydrogen-bond acceptors (Lipinski definition) is 4. The zero-order valence-corrected chi connectivity index (χ0v) is 15.4.